The van der Waals surface area contributed by atoms with Crippen molar-refractivity contribution in [1.29, 1.82) is 0 Å². The fourth-order valence-electron chi connectivity index (χ4n) is 2.12. The Morgan fingerprint density at radius 1 is 1.26 bits per heavy atom. The van der Waals surface area contributed by atoms with Crippen LogP contribution in [0.2, 0.25) is 0 Å². The lowest BCUT2D eigenvalue weighted by Crippen LogP contribution is -2.31. The molecule has 0 spiro atoms. The van der Waals surface area contributed by atoms with Crippen LogP contribution in [-0.2, 0) is 10.0 Å². The van der Waals surface area contributed by atoms with Crippen molar-refractivity contribution < 1.29 is 13.2 Å². The lowest BCUT2D eigenvalue weighted by molar-refractivity contribution is 0.0866. The molecule has 2 rings (SSSR count). The van der Waals surface area contributed by atoms with Crippen LogP contribution in [0, 0.1) is 5.92 Å². The van der Waals surface area contributed by atoms with Crippen LogP contribution in [0.25, 0.3) is 0 Å². The minimum atomic E-state index is -3.63. The van der Waals surface area contributed by atoms with Gasteiger partial charge in [0.05, 0.1) is 5.56 Å². The molecule has 0 saturated heterocycles. The maximum Gasteiger partial charge on any atom is 0.269 e. The highest BCUT2D eigenvalue weighted by Gasteiger charge is 2.40. The highest BCUT2D eigenvalue weighted by molar-refractivity contribution is 9.09. The molecular formula is C13H16BrNO3S. The Labute approximate surface area is 122 Å². The van der Waals surface area contributed by atoms with Gasteiger partial charge in [-0.2, -0.15) is 0 Å². The van der Waals surface area contributed by atoms with Gasteiger partial charge < -0.3 is 0 Å². The van der Waals surface area contributed by atoms with Crippen LogP contribution in [0.3, 0.4) is 0 Å². The van der Waals surface area contributed by atoms with Gasteiger partial charge in [0.25, 0.3) is 15.9 Å². The van der Waals surface area contributed by atoms with Gasteiger partial charge in [-0.3, -0.25) is 4.79 Å². The van der Waals surface area contributed by atoms with E-state index in [1.54, 1.807) is 18.2 Å². The number of carbonyl (C=O) groups is 1. The number of fused-ring (bicyclic) bond motifs is 1. The summed E-state index contributed by atoms with van der Waals surface area (Å²) >= 11 is 3.36. The van der Waals surface area contributed by atoms with Crippen LogP contribution in [0.15, 0.2) is 29.2 Å². The summed E-state index contributed by atoms with van der Waals surface area (Å²) in [4.78, 5) is 12.3. The van der Waals surface area contributed by atoms with Crippen LogP contribution in [0.5, 0.6) is 0 Å². The molecule has 0 radical (unpaired) electrons. The van der Waals surface area contributed by atoms with E-state index in [4.69, 9.17) is 0 Å². The number of hydrogen-bond acceptors (Lipinski definition) is 3. The molecule has 1 aromatic carbocycles. The van der Waals surface area contributed by atoms with Crippen molar-refractivity contribution in [3.63, 3.8) is 0 Å². The van der Waals surface area contributed by atoms with E-state index >= 15 is 0 Å². The Bertz CT molecular complexity index is 585. The van der Waals surface area contributed by atoms with E-state index in [2.05, 4.69) is 22.9 Å². The molecule has 1 aliphatic rings. The molecule has 1 aromatic rings. The highest BCUT2D eigenvalue weighted by atomic mass is 79.9. The van der Waals surface area contributed by atoms with E-state index in [-0.39, 0.29) is 17.0 Å². The largest absolute Gasteiger partial charge is 0.269 e. The molecule has 4 nitrogen and oxygen atoms in total. The first-order valence-corrected chi connectivity index (χ1v) is 8.76. The zero-order chi connectivity index (χ0) is 14.0. The van der Waals surface area contributed by atoms with E-state index in [9.17, 15) is 13.2 Å². The third kappa shape index (κ3) is 2.69. The quantitative estimate of drug-likeness (QED) is 0.771. The fourth-order valence-corrected chi connectivity index (χ4v) is 4.49. The molecule has 1 atom stereocenters. The second-order valence-electron chi connectivity index (χ2n) is 4.75. The lowest BCUT2D eigenvalue weighted by atomic mass is 10.1. The number of alkyl halides is 1. The highest BCUT2D eigenvalue weighted by Crippen LogP contribution is 2.30. The van der Waals surface area contributed by atoms with E-state index in [1.165, 1.54) is 6.07 Å². The normalized spacial score (nSPS) is 18.4. The summed E-state index contributed by atoms with van der Waals surface area (Å²) in [5.74, 6) is -0.0206. The summed E-state index contributed by atoms with van der Waals surface area (Å²) in [5.41, 5.74) is 0.288. The molecule has 0 aliphatic carbocycles. The van der Waals surface area contributed by atoms with E-state index in [1.807, 2.05) is 0 Å². The SMILES string of the molecule is CC(CCBr)CCN1C(=O)c2ccccc2S1(=O)=O. The van der Waals surface area contributed by atoms with Crippen molar-refractivity contribution in [3.8, 4) is 0 Å². The van der Waals surface area contributed by atoms with Gasteiger partial charge in [0.15, 0.2) is 0 Å². The topological polar surface area (TPSA) is 54.5 Å². The van der Waals surface area contributed by atoms with Gasteiger partial charge in [0.1, 0.15) is 4.90 Å². The standard InChI is InChI=1S/C13H16BrNO3S/c1-10(6-8-14)7-9-15-13(16)11-4-2-3-5-12(11)19(15,17)18/h2-5,10H,6-9H2,1H3. The first kappa shape index (κ1) is 14.5. The third-order valence-electron chi connectivity index (χ3n) is 3.34. The van der Waals surface area contributed by atoms with Crippen molar-refractivity contribution in [3.05, 3.63) is 29.8 Å². The molecule has 0 bridgehead atoms. The second kappa shape index (κ2) is 5.63. The number of nitrogens with zero attached hydrogens (tertiary/aromatic N) is 1. The maximum absolute atomic E-state index is 12.3. The summed E-state index contributed by atoms with van der Waals surface area (Å²) < 4.78 is 25.5. The van der Waals surface area contributed by atoms with Gasteiger partial charge in [-0.25, -0.2) is 12.7 Å². The van der Waals surface area contributed by atoms with Crippen LogP contribution in [-0.4, -0.2) is 30.5 Å². The number of sulfonamides is 1. The minimum absolute atomic E-state index is 0.133. The molecular weight excluding hydrogens is 330 g/mol. The maximum atomic E-state index is 12.3. The summed E-state index contributed by atoms with van der Waals surface area (Å²) in [6, 6.07) is 6.38. The smallest absolute Gasteiger partial charge is 0.268 e. The third-order valence-corrected chi connectivity index (χ3v) is 5.64. The van der Waals surface area contributed by atoms with Gasteiger partial charge >= 0.3 is 0 Å². The number of amides is 1. The lowest BCUT2D eigenvalue weighted by Gasteiger charge is -2.17. The van der Waals surface area contributed by atoms with Gasteiger partial charge in [0, 0.05) is 11.9 Å². The summed E-state index contributed by atoms with van der Waals surface area (Å²) in [7, 11) is -3.63. The fraction of sp³-hybridized carbons (Fsp3) is 0.462. The molecule has 1 heterocycles. The van der Waals surface area contributed by atoms with Crippen LogP contribution in [0.1, 0.15) is 30.1 Å². The number of hydrogen-bond donors (Lipinski definition) is 0. The van der Waals surface area contributed by atoms with Gasteiger partial charge in [-0.05, 0) is 30.9 Å². The molecule has 0 saturated carbocycles. The zero-order valence-electron chi connectivity index (χ0n) is 10.7. The Balaban J connectivity index is 2.19. The van der Waals surface area contributed by atoms with Crippen LogP contribution >= 0.6 is 15.9 Å². The van der Waals surface area contributed by atoms with E-state index < -0.39 is 15.9 Å². The predicted octanol–water partition coefficient (Wildman–Crippen LogP) is 2.64. The summed E-state index contributed by atoms with van der Waals surface area (Å²) in [6.45, 7) is 2.31. The molecule has 19 heavy (non-hydrogen) atoms. The first-order chi connectivity index (χ1) is 8.98. The average Bonchev–Trinajstić information content (AvgIpc) is 2.57. The summed E-state index contributed by atoms with van der Waals surface area (Å²) in [5, 5.41) is 0.884. The zero-order valence-corrected chi connectivity index (χ0v) is 13.1. The Kier molecular flexibility index (Phi) is 4.30. The minimum Gasteiger partial charge on any atom is -0.268 e. The molecule has 0 fully saturated rings. The number of carbonyl (C=O) groups excluding carboxylic acids is 1. The Morgan fingerprint density at radius 3 is 2.58 bits per heavy atom. The number of rotatable bonds is 5. The Morgan fingerprint density at radius 2 is 1.95 bits per heavy atom. The van der Waals surface area contributed by atoms with Crippen molar-refractivity contribution in [1.82, 2.24) is 4.31 Å². The van der Waals surface area contributed by atoms with Crippen molar-refractivity contribution >= 4 is 31.9 Å². The van der Waals surface area contributed by atoms with Crippen molar-refractivity contribution in [2.75, 3.05) is 11.9 Å². The van der Waals surface area contributed by atoms with Crippen LogP contribution in [0.4, 0.5) is 0 Å². The second-order valence-corrected chi connectivity index (χ2v) is 7.37. The molecule has 1 aliphatic heterocycles. The number of halogens is 1. The van der Waals surface area contributed by atoms with Crippen molar-refractivity contribution in [2.45, 2.75) is 24.7 Å². The van der Waals surface area contributed by atoms with Gasteiger partial charge in [-0.15, -0.1) is 0 Å². The monoisotopic (exact) mass is 345 g/mol. The molecule has 104 valence electrons. The molecule has 0 N–H and O–H groups in total. The van der Waals surface area contributed by atoms with E-state index in [0.29, 0.717) is 12.3 Å². The van der Waals surface area contributed by atoms with Gasteiger partial charge in [-0.1, -0.05) is 35.0 Å². The van der Waals surface area contributed by atoms with Gasteiger partial charge in [0.2, 0.25) is 0 Å². The summed E-state index contributed by atoms with van der Waals surface area (Å²) in [6.07, 6.45) is 1.65. The average molecular weight is 346 g/mol. The Hall–Kier alpha value is -0.880. The molecule has 6 heteroatoms. The van der Waals surface area contributed by atoms with E-state index in [0.717, 1.165) is 16.1 Å². The van der Waals surface area contributed by atoms with Crippen molar-refractivity contribution in [2.24, 2.45) is 5.92 Å². The first-order valence-electron chi connectivity index (χ1n) is 6.20. The van der Waals surface area contributed by atoms with Crippen LogP contribution < -0.4 is 0 Å². The molecule has 1 amide bonds. The number of benzene rings is 1. The molecule has 0 aromatic heterocycles. The molecule has 1 unspecified atom stereocenters. The predicted molar refractivity (Wildman–Crippen MR) is 76.9 cm³/mol.